The first-order chi connectivity index (χ1) is 7.27. The largest absolute Gasteiger partial charge is 0.490 e. The maximum Gasteiger partial charge on any atom is 0.312 e. The van der Waals surface area contributed by atoms with Gasteiger partial charge in [-0.05, 0) is 0 Å². The highest BCUT2D eigenvalue weighted by atomic mass is 35.5. The molecule has 0 atom stereocenters. The molecule has 88 valence electrons. The van der Waals surface area contributed by atoms with Crippen molar-refractivity contribution < 1.29 is 18.1 Å². The number of sulfone groups is 1. The first kappa shape index (κ1) is 12.7. The van der Waals surface area contributed by atoms with Crippen LogP contribution in [0, 0.1) is 10.1 Å². The molecule has 6 nitrogen and oxygen atoms in total. The van der Waals surface area contributed by atoms with Gasteiger partial charge in [-0.2, -0.15) is 0 Å². The number of hydrogen-bond acceptors (Lipinski definition) is 5. The summed E-state index contributed by atoms with van der Waals surface area (Å²) in [5.41, 5.74) is -0.375. The summed E-state index contributed by atoms with van der Waals surface area (Å²) in [4.78, 5) is 9.72. The van der Waals surface area contributed by atoms with Crippen molar-refractivity contribution in [3.8, 4) is 5.75 Å². The Labute approximate surface area is 96.9 Å². The lowest BCUT2D eigenvalue weighted by Crippen LogP contribution is -2.01. The Hall–Kier alpha value is -1.34. The smallest absolute Gasteiger partial charge is 0.312 e. The van der Waals surface area contributed by atoms with Crippen LogP contribution in [0.15, 0.2) is 17.0 Å². The molecule has 0 aliphatic carbocycles. The lowest BCUT2D eigenvalue weighted by atomic mass is 10.3. The van der Waals surface area contributed by atoms with Crippen molar-refractivity contribution in [3.05, 3.63) is 27.3 Å². The molecule has 0 radical (unpaired) electrons. The molecule has 0 saturated carbocycles. The summed E-state index contributed by atoms with van der Waals surface area (Å²) in [6.07, 6.45) is 0.958. The Balaban J connectivity index is 3.56. The minimum absolute atomic E-state index is 0.144. The molecule has 0 amide bonds. The molecule has 16 heavy (non-hydrogen) atoms. The van der Waals surface area contributed by atoms with E-state index in [4.69, 9.17) is 16.3 Å². The van der Waals surface area contributed by atoms with Gasteiger partial charge in [-0.1, -0.05) is 11.6 Å². The zero-order valence-electron chi connectivity index (χ0n) is 8.43. The van der Waals surface area contributed by atoms with Gasteiger partial charge < -0.3 is 4.74 Å². The zero-order chi connectivity index (χ0) is 12.5. The average molecular weight is 266 g/mol. The minimum atomic E-state index is -3.54. The van der Waals surface area contributed by atoms with Crippen molar-refractivity contribution >= 4 is 27.1 Å². The third-order valence-electron chi connectivity index (χ3n) is 1.83. The van der Waals surface area contributed by atoms with Crippen molar-refractivity contribution in [2.75, 3.05) is 13.4 Å². The van der Waals surface area contributed by atoms with Crippen LogP contribution in [0.4, 0.5) is 5.69 Å². The summed E-state index contributed by atoms with van der Waals surface area (Å²) in [5, 5.41) is 10.4. The molecule has 0 unspecified atom stereocenters. The van der Waals surface area contributed by atoms with E-state index < -0.39 is 14.8 Å². The number of benzene rings is 1. The Morgan fingerprint density at radius 2 is 2.00 bits per heavy atom. The molecule has 8 heteroatoms. The molecule has 0 spiro atoms. The molecule has 0 saturated heterocycles. The fourth-order valence-corrected chi connectivity index (χ4v) is 2.43. The molecular weight excluding hydrogens is 258 g/mol. The van der Waals surface area contributed by atoms with Crippen LogP contribution in [0.25, 0.3) is 0 Å². The topological polar surface area (TPSA) is 86.5 Å². The predicted octanol–water partition coefficient (Wildman–Crippen LogP) is 1.66. The number of halogens is 1. The van der Waals surface area contributed by atoms with Crippen LogP contribution in [0.5, 0.6) is 5.75 Å². The van der Waals surface area contributed by atoms with E-state index >= 15 is 0 Å². The van der Waals surface area contributed by atoms with Gasteiger partial charge in [0.25, 0.3) is 0 Å². The molecule has 1 aromatic rings. The lowest BCUT2D eigenvalue weighted by Gasteiger charge is -2.06. The van der Waals surface area contributed by atoms with Gasteiger partial charge in [0.05, 0.1) is 22.0 Å². The molecule has 1 rings (SSSR count). The highest BCUT2D eigenvalue weighted by Gasteiger charge is 2.22. The van der Waals surface area contributed by atoms with Crippen molar-refractivity contribution in [3.63, 3.8) is 0 Å². The molecule has 0 fully saturated rings. The lowest BCUT2D eigenvalue weighted by molar-refractivity contribution is -0.385. The second-order valence-electron chi connectivity index (χ2n) is 2.98. The van der Waals surface area contributed by atoms with E-state index in [2.05, 4.69) is 0 Å². The molecule has 1 aromatic carbocycles. The van der Waals surface area contributed by atoms with Crippen molar-refractivity contribution in [1.82, 2.24) is 0 Å². The number of hydrogen-bond donors (Lipinski definition) is 0. The highest BCUT2D eigenvalue weighted by Crippen LogP contribution is 2.34. The molecular formula is C8H8ClNO5S. The Morgan fingerprint density at radius 1 is 1.44 bits per heavy atom. The van der Waals surface area contributed by atoms with Gasteiger partial charge in [0.2, 0.25) is 0 Å². The van der Waals surface area contributed by atoms with Crippen molar-refractivity contribution in [2.45, 2.75) is 4.90 Å². The summed E-state index contributed by atoms with van der Waals surface area (Å²) < 4.78 is 27.3. The number of nitrogens with zero attached hydrogens (tertiary/aromatic N) is 1. The van der Waals surface area contributed by atoms with E-state index in [1.165, 1.54) is 7.11 Å². The average Bonchev–Trinajstić information content (AvgIpc) is 2.15. The van der Waals surface area contributed by atoms with E-state index in [1.54, 1.807) is 0 Å². The predicted molar refractivity (Wildman–Crippen MR) is 57.8 cm³/mol. The second kappa shape index (κ2) is 4.26. The maximum absolute atomic E-state index is 11.3. The fraction of sp³-hybridized carbons (Fsp3) is 0.250. The number of nitro benzene ring substituents is 1. The van der Waals surface area contributed by atoms with Gasteiger partial charge in [-0.15, -0.1) is 0 Å². The van der Waals surface area contributed by atoms with Gasteiger partial charge in [0, 0.05) is 18.4 Å². The molecule has 0 aromatic heterocycles. The first-order valence-electron chi connectivity index (χ1n) is 3.99. The number of ether oxygens (including phenoxy) is 1. The Kier molecular flexibility index (Phi) is 3.39. The van der Waals surface area contributed by atoms with Crippen LogP contribution in [-0.2, 0) is 9.84 Å². The Bertz CT molecular complexity index is 540. The number of nitro groups is 1. The van der Waals surface area contributed by atoms with Gasteiger partial charge in [-0.3, -0.25) is 10.1 Å². The standard InChI is InChI=1S/C8H8ClNO5S/c1-15-7-4-8(16(2,13)14)5(9)3-6(7)10(11)12/h3-4H,1-2H3. The first-order valence-corrected chi connectivity index (χ1v) is 6.26. The summed E-state index contributed by atoms with van der Waals surface area (Å²) in [7, 11) is -2.33. The zero-order valence-corrected chi connectivity index (χ0v) is 10.0. The van der Waals surface area contributed by atoms with Gasteiger partial charge >= 0.3 is 5.69 Å². The van der Waals surface area contributed by atoms with Crippen molar-refractivity contribution in [1.29, 1.82) is 0 Å². The summed E-state index contributed by atoms with van der Waals surface area (Å²) in [5.74, 6) is -0.144. The van der Waals surface area contributed by atoms with Crippen LogP contribution in [0.2, 0.25) is 5.02 Å². The van der Waals surface area contributed by atoms with E-state index in [0.717, 1.165) is 18.4 Å². The van der Waals surface area contributed by atoms with Gasteiger partial charge in [0.15, 0.2) is 15.6 Å². The van der Waals surface area contributed by atoms with Crippen molar-refractivity contribution in [2.24, 2.45) is 0 Å². The Morgan fingerprint density at radius 3 is 2.38 bits per heavy atom. The third kappa shape index (κ3) is 2.42. The van der Waals surface area contributed by atoms with E-state index in [0.29, 0.717) is 0 Å². The maximum atomic E-state index is 11.3. The SMILES string of the molecule is COc1cc(S(C)(=O)=O)c(Cl)cc1[N+](=O)[O-]. The van der Waals surface area contributed by atoms with Crippen LogP contribution in [0.1, 0.15) is 0 Å². The van der Waals surface area contributed by atoms with Crippen LogP contribution < -0.4 is 4.74 Å². The monoisotopic (exact) mass is 265 g/mol. The van der Waals surface area contributed by atoms with E-state index in [-0.39, 0.29) is 21.4 Å². The summed E-state index contributed by atoms with van der Waals surface area (Å²) >= 11 is 5.65. The highest BCUT2D eigenvalue weighted by molar-refractivity contribution is 7.90. The third-order valence-corrected chi connectivity index (χ3v) is 3.39. The summed E-state index contributed by atoms with van der Waals surface area (Å²) in [6, 6.07) is 1.99. The second-order valence-corrected chi connectivity index (χ2v) is 5.38. The van der Waals surface area contributed by atoms with Gasteiger partial charge in [0.1, 0.15) is 0 Å². The molecule has 0 bridgehead atoms. The van der Waals surface area contributed by atoms with Gasteiger partial charge in [-0.25, -0.2) is 8.42 Å². The molecule has 0 N–H and O–H groups in total. The van der Waals surface area contributed by atoms with E-state index in [9.17, 15) is 18.5 Å². The molecule has 0 aliphatic rings. The van der Waals surface area contributed by atoms with Crippen LogP contribution in [0.3, 0.4) is 0 Å². The number of rotatable bonds is 3. The quantitative estimate of drug-likeness (QED) is 0.613. The fourth-order valence-electron chi connectivity index (χ4n) is 1.11. The number of methoxy groups -OCH3 is 1. The van der Waals surface area contributed by atoms with E-state index in [1.807, 2.05) is 0 Å². The molecule has 0 aliphatic heterocycles. The minimum Gasteiger partial charge on any atom is -0.490 e. The molecule has 0 heterocycles. The van der Waals surface area contributed by atoms with Crippen LogP contribution >= 0.6 is 11.6 Å². The normalized spacial score (nSPS) is 11.2. The van der Waals surface area contributed by atoms with Crippen LogP contribution in [-0.4, -0.2) is 26.7 Å². The summed E-state index contributed by atoms with van der Waals surface area (Å²) in [6.45, 7) is 0.